The van der Waals surface area contributed by atoms with Gasteiger partial charge in [-0.3, -0.25) is 0 Å². The van der Waals surface area contributed by atoms with E-state index in [1.54, 1.807) is 12.1 Å². The highest BCUT2D eigenvalue weighted by molar-refractivity contribution is 5.67. The molecule has 0 nitrogen and oxygen atoms in total. The third kappa shape index (κ3) is 2.23. The molecule has 0 atom stereocenters. The Morgan fingerprint density at radius 1 is 0.824 bits per heavy atom. The van der Waals surface area contributed by atoms with Crippen molar-refractivity contribution in [2.24, 2.45) is 0 Å². The van der Waals surface area contributed by atoms with Crippen molar-refractivity contribution in [1.29, 1.82) is 0 Å². The lowest BCUT2D eigenvalue weighted by atomic mass is 10.0. The molecular formula is C14H9F3. The molecule has 0 bridgehead atoms. The van der Waals surface area contributed by atoms with Gasteiger partial charge in [0.25, 0.3) is 0 Å². The summed E-state index contributed by atoms with van der Waals surface area (Å²) in [6.07, 6.45) is 1.56. The van der Waals surface area contributed by atoms with E-state index in [0.717, 1.165) is 12.1 Å². The number of hydrogen-bond donors (Lipinski definition) is 0. The third-order valence-electron chi connectivity index (χ3n) is 2.46. The lowest BCUT2D eigenvalue weighted by molar-refractivity contribution is 0.509. The first-order valence-electron chi connectivity index (χ1n) is 4.99. The minimum Gasteiger partial charge on any atom is -0.206 e. The molecule has 0 N–H and O–H groups in total. The molecule has 2 aromatic carbocycles. The van der Waals surface area contributed by atoms with E-state index in [2.05, 4.69) is 6.58 Å². The Labute approximate surface area is 97.0 Å². The van der Waals surface area contributed by atoms with Crippen LogP contribution in [-0.4, -0.2) is 0 Å². The molecule has 0 saturated carbocycles. The van der Waals surface area contributed by atoms with E-state index in [9.17, 15) is 13.2 Å². The van der Waals surface area contributed by atoms with Gasteiger partial charge in [0, 0.05) is 5.56 Å². The number of rotatable bonds is 2. The van der Waals surface area contributed by atoms with E-state index in [0.29, 0.717) is 11.1 Å². The summed E-state index contributed by atoms with van der Waals surface area (Å²) in [6.45, 7) is 3.57. The summed E-state index contributed by atoms with van der Waals surface area (Å²) in [7, 11) is 0. The van der Waals surface area contributed by atoms with Gasteiger partial charge in [-0.15, -0.1) is 0 Å². The van der Waals surface area contributed by atoms with Crippen molar-refractivity contribution in [2.75, 3.05) is 0 Å². The van der Waals surface area contributed by atoms with E-state index >= 15 is 0 Å². The van der Waals surface area contributed by atoms with Crippen molar-refractivity contribution < 1.29 is 13.2 Å². The maximum absolute atomic E-state index is 13.6. The third-order valence-corrected chi connectivity index (χ3v) is 2.46. The van der Waals surface area contributed by atoms with E-state index in [1.807, 2.05) is 0 Å². The monoisotopic (exact) mass is 234 g/mol. The smallest absolute Gasteiger partial charge is 0.159 e. The zero-order valence-corrected chi connectivity index (χ0v) is 8.88. The van der Waals surface area contributed by atoms with Crippen LogP contribution in [0.2, 0.25) is 0 Å². The minimum atomic E-state index is -0.995. The molecule has 0 radical (unpaired) electrons. The van der Waals surface area contributed by atoms with Crippen molar-refractivity contribution in [2.45, 2.75) is 0 Å². The predicted octanol–water partition coefficient (Wildman–Crippen LogP) is 4.41. The van der Waals surface area contributed by atoms with E-state index in [1.165, 1.54) is 18.2 Å². The van der Waals surface area contributed by atoms with Crippen LogP contribution in [-0.2, 0) is 0 Å². The Balaban J connectivity index is 2.58. The van der Waals surface area contributed by atoms with Gasteiger partial charge in [0.2, 0.25) is 0 Å². The van der Waals surface area contributed by atoms with E-state index < -0.39 is 17.5 Å². The Morgan fingerprint density at radius 2 is 1.53 bits per heavy atom. The summed E-state index contributed by atoms with van der Waals surface area (Å²) >= 11 is 0. The summed E-state index contributed by atoms with van der Waals surface area (Å²) in [5, 5.41) is 0. The molecule has 0 heterocycles. The van der Waals surface area contributed by atoms with Crippen molar-refractivity contribution in [1.82, 2.24) is 0 Å². The van der Waals surface area contributed by atoms with Crippen molar-refractivity contribution >= 4 is 6.08 Å². The maximum atomic E-state index is 13.6. The molecule has 2 aromatic rings. The zero-order chi connectivity index (χ0) is 12.4. The van der Waals surface area contributed by atoms with Gasteiger partial charge in [-0.1, -0.05) is 24.8 Å². The van der Waals surface area contributed by atoms with Crippen LogP contribution in [0.5, 0.6) is 0 Å². The van der Waals surface area contributed by atoms with Crippen LogP contribution < -0.4 is 0 Å². The molecule has 0 aliphatic rings. The fraction of sp³-hybridized carbons (Fsp3) is 0. The highest BCUT2D eigenvalue weighted by atomic mass is 19.2. The van der Waals surface area contributed by atoms with Gasteiger partial charge in [0.05, 0.1) is 0 Å². The highest BCUT2D eigenvalue weighted by Gasteiger charge is 2.08. The summed E-state index contributed by atoms with van der Waals surface area (Å²) in [5.41, 5.74) is 1.23. The summed E-state index contributed by atoms with van der Waals surface area (Å²) in [6, 6.07) is 7.66. The molecular weight excluding hydrogens is 225 g/mol. The number of halogens is 3. The van der Waals surface area contributed by atoms with Crippen LogP contribution in [0.4, 0.5) is 13.2 Å². The second-order valence-corrected chi connectivity index (χ2v) is 3.57. The minimum absolute atomic E-state index is 0.223. The molecule has 86 valence electrons. The predicted molar refractivity (Wildman–Crippen MR) is 61.8 cm³/mol. The normalized spacial score (nSPS) is 10.3. The molecule has 0 spiro atoms. The lowest BCUT2D eigenvalue weighted by Crippen LogP contribution is -1.89. The van der Waals surface area contributed by atoms with Crippen LogP contribution in [0.3, 0.4) is 0 Å². The van der Waals surface area contributed by atoms with Gasteiger partial charge in [-0.05, 0) is 35.4 Å². The van der Waals surface area contributed by atoms with Crippen LogP contribution in [0.25, 0.3) is 17.2 Å². The molecule has 0 fully saturated rings. The standard InChI is InChI=1S/C14H9F3/c1-2-9-3-5-12(15)11(7-9)10-4-6-13(16)14(17)8-10/h2-8H,1H2. The second-order valence-electron chi connectivity index (χ2n) is 3.57. The Morgan fingerprint density at radius 3 is 2.18 bits per heavy atom. The first-order chi connectivity index (χ1) is 8.11. The SMILES string of the molecule is C=Cc1ccc(F)c(-c2ccc(F)c(F)c2)c1. The molecule has 0 saturated heterocycles. The first kappa shape index (κ1) is 11.5. The van der Waals surface area contributed by atoms with Gasteiger partial charge < -0.3 is 0 Å². The van der Waals surface area contributed by atoms with Crippen LogP contribution in [0.1, 0.15) is 5.56 Å². The summed E-state index contributed by atoms with van der Waals surface area (Å²) in [4.78, 5) is 0. The summed E-state index contributed by atoms with van der Waals surface area (Å²) < 4.78 is 39.4. The average molecular weight is 234 g/mol. The molecule has 0 amide bonds. The van der Waals surface area contributed by atoms with Gasteiger partial charge in [-0.2, -0.15) is 0 Å². The summed E-state index contributed by atoms with van der Waals surface area (Å²) in [5.74, 6) is -2.43. The average Bonchev–Trinajstić information content (AvgIpc) is 2.33. The molecule has 0 aromatic heterocycles. The fourth-order valence-electron chi connectivity index (χ4n) is 1.55. The molecule has 3 heteroatoms. The van der Waals surface area contributed by atoms with Crippen LogP contribution >= 0.6 is 0 Å². The zero-order valence-electron chi connectivity index (χ0n) is 8.88. The second kappa shape index (κ2) is 4.45. The van der Waals surface area contributed by atoms with E-state index in [4.69, 9.17) is 0 Å². The fourth-order valence-corrected chi connectivity index (χ4v) is 1.55. The first-order valence-corrected chi connectivity index (χ1v) is 4.99. The Kier molecular flexibility index (Phi) is 3.00. The Bertz CT molecular complexity index is 574. The lowest BCUT2D eigenvalue weighted by Gasteiger charge is -2.05. The number of hydrogen-bond acceptors (Lipinski definition) is 0. The van der Waals surface area contributed by atoms with Gasteiger partial charge in [-0.25, -0.2) is 13.2 Å². The topological polar surface area (TPSA) is 0 Å². The van der Waals surface area contributed by atoms with Gasteiger partial charge in [0.15, 0.2) is 11.6 Å². The van der Waals surface area contributed by atoms with Crippen molar-refractivity contribution in [3.8, 4) is 11.1 Å². The molecule has 17 heavy (non-hydrogen) atoms. The molecule has 2 rings (SSSR count). The molecule has 0 aliphatic carbocycles. The van der Waals surface area contributed by atoms with Gasteiger partial charge >= 0.3 is 0 Å². The quantitative estimate of drug-likeness (QED) is 0.721. The number of benzene rings is 2. The largest absolute Gasteiger partial charge is 0.206 e. The van der Waals surface area contributed by atoms with Crippen molar-refractivity contribution in [3.63, 3.8) is 0 Å². The van der Waals surface area contributed by atoms with Crippen molar-refractivity contribution in [3.05, 3.63) is 66.0 Å². The van der Waals surface area contributed by atoms with E-state index in [-0.39, 0.29) is 5.56 Å². The Hall–Kier alpha value is -2.03. The van der Waals surface area contributed by atoms with Crippen LogP contribution in [0, 0.1) is 17.5 Å². The van der Waals surface area contributed by atoms with Crippen LogP contribution in [0.15, 0.2) is 43.0 Å². The highest BCUT2D eigenvalue weighted by Crippen LogP contribution is 2.25. The molecule has 0 aliphatic heterocycles. The molecule has 0 unspecified atom stereocenters. The maximum Gasteiger partial charge on any atom is 0.159 e. The van der Waals surface area contributed by atoms with Gasteiger partial charge in [0.1, 0.15) is 5.82 Å².